The molecule has 4 aromatic rings. The van der Waals surface area contributed by atoms with E-state index in [0.29, 0.717) is 11.5 Å². The number of aromatic nitrogens is 4. The Hall–Kier alpha value is -4.41. The van der Waals surface area contributed by atoms with Crippen molar-refractivity contribution in [2.24, 2.45) is 14.1 Å². The number of nitrogens with zero attached hydrogens (tertiary/aromatic N) is 4. The van der Waals surface area contributed by atoms with Crippen molar-refractivity contribution < 1.29 is 23.1 Å². The van der Waals surface area contributed by atoms with Crippen LogP contribution in [0.15, 0.2) is 59.4 Å². The normalized spacial score (nSPS) is 10.8. The van der Waals surface area contributed by atoms with E-state index < -0.39 is 11.8 Å². The standard InChI is InChI=1S/C22H21FN6O4/c1-28-12-14(10-25-28)9-24-22(31)20-18(11-26-29(20)2)27-21(30)19-8-7-17(33-19)13-32-16-5-3-15(23)4-6-16/h3-8,10-12H,9,13H2,1-2H3,(H,24,31)(H,27,30). The highest BCUT2D eigenvalue weighted by Crippen LogP contribution is 2.18. The molecule has 0 fully saturated rings. The van der Waals surface area contributed by atoms with Crippen molar-refractivity contribution in [1.82, 2.24) is 24.9 Å². The molecule has 2 amide bonds. The fraction of sp³-hybridized carbons (Fsp3) is 0.182. The number of hydrogen-bond donors (Lipinski definition) is 2. The van der Waals surface area contributed by atoms with Crippen molar-refractivity contribution in [3.63, 3.8) is 0 Å². The maximum Gasteiger partial charge on any atom is 0.291 e. The Balaban J connectivity index is 1.37. The summed E-state index contributed by atoms with van der Waals surface area (Å²) in [6.07, 6.45) is 4.83. The van der Waals surface area contributed by atoms with Crippen molar-refractivity contribution >= 4 is 17.5 Å². The van der Waals surface area contributed by atoms with Gasteiger partial charge in [-0.3, -0.25) is 19.0 Å². The fourth-order valence-electron chi connectivity index (χ4n) is 3.07. The van der Waals surface area contributed by atoms with Crippen molar-refractivity contribution in [1.29, 1.82) is 0 Å². The van der Waals surface area contributed by atoms with Crippen LogP contribution in [0.3, 0.4) is 0 Å². The van der Waals surface area contributed by atoms with Crippen LogP contribution in [0, 0.1) is 5.82 Å². The molecule has 1 aromatic carbocycles. The maximum absolute atomic E-state index is 13.0. The zero-order valence-electron chi connectivity index (χ0n) is 17.9. The largest absolute Gasteiger partial charge is 0.486 e. The molecular formula is C22H21FN6O4. The predicted octanol–water partition coefficient (Wildman–Crippen LogP) is 2.65. The molecule has 0 atom stereocenters. The molecule has 2 N–H and O–H groups in total. The van der Waals surface area contributed by atoms with Crippen LogP contribution < -0.4 is 15.4 Å². The van der Waals surface area contributed by atoms with Crippen LogP contribution in [-0.4, -0.2) is 31.4 Å². The maximum atomic E-state index is 13.0. The molecule has 11 heteroatoms. The van der Waals surface area contributed by atoms with Gasteiger partial charge in [-0.1, -0.05) is 0 Å². The van der Waals surface area contributed by atoms with Gasteiger partial charge in [0, 0.05) is 32.4 Å². The number of amides is 2. The van der Waals surface area contributed by atoms with Crippen LogP contribution >= 0.6 is 0 Å². The van der Waals surface area contributed by atoms with Crippen molar-refractivity contribution in [3.05, 3.63) is 83.6 Å². The Labute approximate surface area is 188 Å². The highest BCUT2D eigenvalue weighted by molar-refractivity contribution is 6.07. The van der Waals surface area contributed by atoms with Gasteiger partial charge in [0.05, 0.1) is 18.1 Å². The SMILES string of the molecule is Cn1cc(CNC(=O)c2c(NC(=O)c3ccc(COc4ccc(F)cc4)o3)cnn2C)cn1. The number of carbonyl (C=O) groups is 2. The number of furan rings is 1. The summed E-state index contributed by atoms with van der Waals surface area (Å²) in [6.45, 7) is 0.342. The zero-order chi connectivity index (χ0) is 23.4. The van der Waals surface area contributed by atoms with E-state index in [0.717, 1.165) is 5.56 Å². The summed E-state index contributed by atoms with van der Waals surface area (Å²) in [5.41, 5.74) is 1.27. The molecule has 0 radical (unpaired) electrons. The Kier molecular flexibility index (Phi) is 6.20. The van der Waals surface area contributed by atoms with E-state index in [1.165, 1.54) is 41.2 Å². The first-order chi connectivity index (χ1) is 15.9. The molecule has 4 rings (SSSR count). The van der Waals surface area contributed by atoms with Crippen LogP contribution in [0.2, 0.25) is 0 Å². The minimum Gasteiger partial charge on any atom is -0.486 e. The lowest BCUT2D eigenvalue weighted by atomic mass is 10.3. The van der Waals surface area contributed by atoms with Gasteiger partial charge in [-0.25, -0.2) is 4.39 Å². The fourth-order valence-corrected chi connectivity index (χ4v) is 3.07. The lowest BCUT2D eigenvalue weighted by Crippen LogP contribution is -2.26. The number of anilines is 1. The third kappa shape index (κ3) is 5.26. The minimum absolute atomic E-state index is 0.0401. The van der Waals surface area contributed by atoms with Gasteiger partial charge in [-0.15, -0.1) is 0 Å². The van der Waals surface area contributed by atoms with Crippen LogP contribution in [-0.2, 0) is 27.2 Å². The first kappa shape index (κ1) is 21.8. The second-order valence-electron chi connectivity index (χ2n) is 7.20. The molecule has 0 aliphatic rings. The van der Waals surface area contributed by atoms with Gasteiger partial charge >= 0.3 is 0 Å². The highest BCUT2D eigenvalue weighted by atomic mass is 19.1. The molecule has 0 spiro atoms. The Bertz CT molecular complexity index is 1270. The average Bonchev–Trinajstić information content (AvgIpc) is 3.52. The number of halogens is 1. The Morgan fingerprint density at radius 1 is 1.06 bits per heavy atom. The van der Waals surface area contributed by atoms with E-state index in [9.17, 15) is 14.0 Å². The zero-order valence-corrected chi connectivity index (χ0v) is 17.9. The topological polar surface area (TPSA) is 116 Å². The second kappa shape index (κ2) is 9.39. The Morgan fingerprint density at radius 3 is 2.58 bits per heavy atom. The summed E-state index contributed by atoms with van der Waals surface area (Å²) in [5, 5.41) is 13.6. The Morgan fingerprint density at radius 2 is 1.85 bits per heavy atom. The van der Waals surface area contributed by atoms with Crippen LogP contribution in [0.4, 0.5) is 10.1 Å². The van der Waals surface area contributed by atoms with Gasteiger partial charge < -0.3 is 19.8 Å². The molecule has 33 heavy (non-hydrogen) atoms. The summed E-state index contributed by atoms with van der Waals surface area (Å²) in [6, 6.07) is 8.66. The molecular weight excluding hydrogens is 431 g/mol. The number of benzene rings is 1. The third-order valence-electron chi connectivity index (χ3n) is 4.69. The summed E-state index contributed by atoms with van der Waals surface area (Å²) >= 11 is 0. The smallest absolute Gasteiger partial charge is 0.291 e. The first-order valence-corrected chi connectivity index (χ1v) is 9.95. The van der Waals surface area contributed by atoms with Gasteiger partial charge in [-0.05, 0) is 36.4 Å². The van der Waals surface area contributed by atoms with Crippen LogP contribution in [0.1, 0.15) is 32.4 Å². The van der Waals surface area contributed by atoms with Gasteiger partial charge in [0.1, 0.15) is 29.6 Å². The van der Waals surface area contributed by atoms with E-state index in [2.05, 4.69) is 20.8 Å². The molecule has 10 nitrogen and oxygen atoms in total. The van der Waals surface area contributed by atoms with Crippen LogP contribution in [0.25, 0.3) is 0 Å². The van der Waals surface area contributed by atoms with E-state index >= 15 is 0 Å². The van der Waals surface area contributed by atoms with E-state index in [1.54, 1.807) is 37.2 Å². The number of hydrogen-bond acceptors (Lipinski definition) is 6. The van der Waals surface area contributed by atoms with E-state index in [1.807, 2.05) is 0 Å². The first-order valence-electron chi connectivity index (χ1n) is 9.95. The lowest BCUT2D eigenvalue weighted by Gasteiger charge is -2.08. The highest BCUT2D eigenvalue weighted by Gasteiger charge is 2.20. The second-order valence-corrected chi connectivity index (χ2v) is 7.20. The molecule has 3 aromatic heterocycles. The van der Waals surface area contributed by atoms with Crippen molar-refractivity contribution in [2.75, 3.05) is 5.32 Å². The molecule has 170 valence electrons. The van der Waals surface area contributed by atoms with Crippen LogP contribution in [0.5, 0.6) is 5.75 Å². The minimum atomic E-state index is -0.544. The van der Waals surface area contributed by atoms with Gasteiger partial charge in [0.2, 0.25) is 0 Å². The van der Waals surface area contributed by atoms with E-state index in [-0.39, 0.29) is 36.1 Å². The van der Waals surface area contributed by atoms with Gasteiger partial charge in [-0.2, -0.15) is 10.2 Å². The summed E-state index contributed by atoms with van der Waals surface area (Å²) in [4.78, 5) is 25.3. The van der Waals surface area contributed by atoms with E-state index in [4.69, 9.17) is 9.15 Å². The van der Waals surface area contributed by atoms with Crippen molar-refractivity contribution in [2.45, 2.75) is 13.2 Å². The summed E-state index contributed by atoms with van der Waals surface area (Å²) in [7, 11) is 3.39. The number of nitrogens with one attached hydrogen (secondary N) is 2. The third-order valence-corrected chi connectivity index (χ3v) is 4.69. The number of ether oxygens (including phenoxy) is 1. The quantitative estimate of drug-likeness (QED) is 0.425. The van der Waals surface area contributed by atoms with Crippen molar-refractivity contribution in [3.8, 4) is 5.75 Å². The lowest BCUT2D eigenvalue weighted by molar-refractivity contribution is 0.0942. The molecule has 0 aliphatic heterocycles. The van der Waals surface area contributed by atoms with Gasteiger partial charge in [0.25, 0.3) is 11.8 Å². The molecule has 3 heterocycles. The number of carbonyl (C=O) groups excluding carboxylic acids is 2. The molecule has 0 saturated carbocycles. The summed E-state index contributed by atoms with van der Waals surface area (Å²) in [5.74, 6) is -0.390. The molecule has 0 saturated heterocycles. The van der Waals surface area contributed by atoms with Gasteiger partial charge in [0.15, 0.2) is 5.76 Å². The number of aryl methyl sites for hydroxylation is 2. The predicted molar refractivity (Wildman–Crippen MR) is 115 cm³/mol. The summed E-state index contributed by atoms with van der Waals surface area (Å²) < 4.78 is 27.0. The average molecular weight is 452 g/mol. The molecule has 0 aliphatic carbocycles. The molecule has 0 unspecified atom stereocenters. The molecule has 0 bridgehead atoms. The number of rotatable bonds is 8. The monoisotopic (exact) mass is 452 g/mol.